The van der Waals surface area contributed by atoms with Gasteiger partial charge in [-0.3, -0.25) is 0 Å². The van der Waals surface area contributed by atoms with Crippen molar-refractivity contribution in [2.45, 2.75) is 16.7 Å². The lowest BCUT2D eigenvalue weighted by molar-refractivity contribution is 0.171. The fourth-order valence-corrected chi connectivity index (χ4v) is 4.61. The van der Waals surface area contributed by atoms with E-state index in [1.807, 2.05) is 12.1 Å². The van der Waals surface area contributed by atoms with Crippen molar-refractivity contribution in [1.82, 2.24) is 0 Å². The molecule has 1 fully saturated rings. The first-order valence-corrected chi connectivity index (χ1v) is 7.86. The van der Waals surface area contributed by atoms with Crippen LogP contribution in [0.3, 0.4) is 0 Å². The van der Waals surface area contributed by atoms with E-state index in [4.69, 9.17) is 22.1 Å². The molecule has 0 bridgehead atoms. The van der Waals surface area contributed by atoms with E-state index < -0.39 is 20.6 Å². The number of rotatable bonds is 4. The molecule has 0 aliphatic heterocycles. The highest BCUT2D eigenvalue weighted by Crippen LogP contribution is 2.54. The van der Waals surface area contributed by atoms with E-state index >= 15 is 0 Å². The van der Waals surface area contributed by atoms with Crippen LogP contribution in [0.4, 0.5) is 0 Å². The summed E-state index contributed by atoms with van der Waals surface area (Å²) >= 11 is 5.82. The number of benzene rings is 1. The minimum atomic E-state index is -3.20. The largest absolute Gasteiger partial charge is 0.383 e. The van der Waals surface area contributed by atoms with Crippen LogP contribution in [0.5, 0.6) is 0 Å². The van der Waals surface area contributed by atoms with Gasteiger partial charge in [-0.25, -0.2) is 8.42 Å². The Morgan fingerprint density at radius 1 is 1.39 bits per heavy atom. The van der Waals surface area contributed by atoms with Gasteiger partial charge in [-0.05, 0) is 17.7 Å². The second kappa shape index (κ2) is 4.49. The third-order valence-corrected chi connectivity index (χ3v) is 5.27. The molecule has 0 amide bonds. The van der Waals surface area contributed by atoms with Crippen molar-refractivity contribution in [3.05, 3.63) is 34.9 Å². The van der Waals surface area contributed by atoms with Crippen LogP contribution >= 0.6 is 11.6 Å². The summed E-state index contributed by atoms with van der Waals surface area (Å²) in [6.45, 7) is 0.220. The Labute approximate surface area is 112 Å². The maximum atomic E-state index is 11.8. The first-order valence-electron chi connectivity index (χ1n) is 5.53. The van der Waals surface area contributed by atoms with Crippen LogP contribution in [0.25, 0.3) is 0 Å². The topological polar surface area (TPSA) is 69.4 Å². The molecular formula is C12H16ClNO3S. The lowest BCUT2D eigenvalue weighted by Crippen LogP contribution is -2.35. The summed E-state index contributed by atoms with van der Waals surface area (Å²) in [5, 5.41) is 0.0239. The van der Waals surface area contributed by atoms with Gasteiger partial charge in [0.05, 0.1) is 17.4 Å². The second-order valence-corrected chi connectivity index (χ2v) is 7.43. The minimum absolute atomic E-state index is 0.220. The molecule has 1 aliphatic carbocycles. The zero-order valence-corrected chi connectivity index (χ0v) is 11.8. The average Bonchev–Trinajstić information content (AvgIpc) is 2.86. The number of sulfone groups is 1. The van der Waals surface area contributed by atoms with E-state index in [0.29, 0.717) is 5.02 Å². The normalized spacial score (nSPS) is 31.3. The Hall–Kier alpha value is -0.620. The molecule has 3 atom stereocenters. The molecule has 0 saturated heterocycles. The minimum Gasteiger partial charge on any atom is -0.383 e. The molecule has 2 N–H and O–H groups in total. The van der Waals surface area contributed by atoms with E-state index in [9.17, 15) is 8.42 Å². The van der Waals surface area contributed by atoms with Crippen molar-refractivity contribution in [2.75, 3.05) is 20.0 Å². The first-order chi connectivity index (χ1) is 8.30. The SMILES string of the molecule is COC[C@]1(N)[C@H](c2ccc(Cl)cc2)[C@H]1S(C)(=O)=O. The van der Waals surface area contributed by atoms with Gasteiger partial charge in [-0.1, -0.05) is 23.7 Å². The maximum Gasteiger partial charge on any atom is 0.152 e. The van der Waals surface area contributed by atoms with Crippen LogP contribution < -0.4 is 5.73 Å². The smallest absolute Gasteiger partial charge is 0.152 e. The molecule has 100 valence electrons. The molecule has 1 aliphatic rings. The van der Waals surface area contributed by atoms with Gasteiger partial charge >= 0.3 is 0 Å². The van der Waals surface area contributed by atoms with Crippen LogP contribution in [0, 0.1) is 0 Å². The molecule has 0 aromatic heterocycles. The van der Waals surface area contributed by atoms with Gasteiger partial charge in [0, 0.05) is 24.3 Å². The fourth-order valence-electron chi connectivity index (χ4n) is 2.65. The number of hydrogen-bond acceptors (Lipinski definition) is 4. The van der Waals surface area contributed by atoms with E-state index in [1.165, 1.54) is 13.4 Å². The molecule has 0 unspecified atom stereocenters. The molecule has 6 heteroatoms. The Kier molecular flexibility index (Phi) is 3.44. The number of hydrogen-bond donors (Lipinski definition) is 1. The van der Waals surface area contributed by atoms with Gasteiger partial charge in [-0.2, -0.15) is 0 Å². The Morgan fingerprint density at radius 3 is 2.39 bits per heavy atom. The van der Waals surface area contributed by atoms with Crippen LogP contribution in [0.2, 0.25) is 5.02 Å². The van der Waals surface area contributed by atoms with Gasteiger partial charge in [0.2, 0.25) is 0 Å². The van der Waals surface area contributed by atoms with Gasteiger partial charge in [0.25, 0.3) is 0 Å². The van der Waals surface area contributed by atoms with Crippen LogP contribution in [-0.2, 0) is 14.6 Å². The highest BCUT2D eigenvalue weighted by Gasteiger charge is 2.67. The highest BCUT2D eigenvalue weighted by atomic mass is 35.5. The molecule has 0 spiro atoms. The molecule has 1 aromatic rings. The first kappa shape index (κ1) is 13.8. The van der Waals surface area contributed by atoms with Crippen molar-refractivity contribution in [3.8, 4) is 0 Å². The summed E-state index contributed by atoms with van der Waals surface area (Å²) in [5.41, 5.74) is 6.21. The Morgan fingerprint density at radius 2 is 1.94 bits per heavy atom. The number of ether oxygens (including phenoxy) is 1. The molecule has 18 heavy (non-hydrogen) atoms. The summed E-state index contributed by atoms with van der Waals surface area (Å²) in [7, 11) is -1.69. The zero-order valence-electron chi connectivity index (χ0n) is 10.3. The van der Waals surface area contributed by atoms with Gasteiger partial charge < -0.3 is 10.5 Å². The molecule has 0 heterocycles. The van der Waals surface area contributed by atoms with Crippen LogP contribution in [-0.4, -0.2) is 39.2 Å². The molecule has 2 rings (SSSR count). The van der Waals surface area contributed by atoms with Crippen molar-refractivity contribution in [3.63, 3.8) is 0 Å². The highest BCUT2D eigenvalue weighted by molar-refractivity contribution is 7.91. The summed E-state index contributed by atoms with van der Waals surface area (Å²) < 4.78 is 28.6. The number of halogens is 1. The van der Waals surface area contributed by atoms with Crippen molar-refractivity contribution in [1.29, 1.82) is 0 Å². The van der Waals surface area contributed by atoms with Crippen molar-refractivity contribution < 1.29 is 13.2 Å². The standard InChI is InChI=1S/C12H16ClNO3S/c1-17-7-12(14)10(11(12)18(2,15)16)8-3-5-9(13)6-4-8/h3-6,10-11H,7,14H2,1-2H3/t10-,11-,12+/m1/s1. The van der Waals surface area contributed by atoms with Crippen LogP contribution in [0.1, 0.15) is 11.5 Å². The van der Waals surface area contributed by atoms with Crippen LogP contribution in [0.15, 0.2) is 24.3 Å². The van der Waals surface area contributed by atoms with Crippen molar-refractivity contribution >= 4 is 21.4 Å². The molecular weight excluding hydrogens is 274 g/mol. The van der Waals surface area contributed by atoms with Crippen molar-refractivity contribution in [2.24, 2.45) is 5.73 Å². The third-order valence-electron chi connectivity index (χ3n) is 3.39. The van der Waals surface area contributed by atoms with Gasteiger partial charge in [0.1, 0.15) is 0 Å². The summed E-state index contributed by atoms with van der Waals surface area (Å²) in [6.07, 6.45) is 1.21. The number of methoxy groups -OCH3 is 1. The molecule has 0 radical (unpaired) electrons. The predicted octanol–water partition coefficient (Wildman–Crippen LogP) is 1.19. The predicted molar refractivity (Wildman–Crippen MR) is 71.6 cm³/mol. The van der Waals surface area contributed by atoms with E-state index in [0.717, 1.165) is 5.56 Å². The fraction of sp³-hybridized carbons (Fsp3) is 0.500. The average molecular weight is 290 g/mol. The molecule has 1 saturated carbocycles. The Bertz CT molecular complexity index is 543. The molecule has 1 aromatic carbocycles. The maximum absolute atomic E-state index is 11.8. The van der Waals surface area contributed by atoms with E-state index in [2.05, 4.69) is 0 Å². The lowest BCUT2D eigenvalue weighted by atomic mass is 10.1. The lowest BCUT2D eigenvalue weighted by Gasteiger charge is -2.10. The quantitative estimate of drug-likeness (QED) is 0.904. The van der Waals surface area contributed by atoms with E-state index in [-0.39, 0.29) is 12.5 Å². The van der Waals surface area contributed by atoms with E-state index in [1.54, 1.807) is 12.1 Å². The summed E-state index contributed by atoms with van der Waals surface area (Å²) in [4.78, 5) is 0. The summed E-state index contributed by atoms with van der Waals surface area (Å²) in [5.74, 6) is -0.232. The molecule has 4 nitrogen and oxygen atoms in total. The Balaban J connectivity index is 2.35. The second-order valence-electron chi connectivity index (χ2n) is 4.82. The monoisotopic (exact) mass is 289 g/mol. The van der Waals surface area contributed by atoms with Gasteiger partial charge in [0.15, 0.2) is 9.84 Å². The summed E-state index contributed by atoms with van der Waals surface area (Å²) in [6, 6.07) is 7.11. The zero-order chi connectivity index (χ0) is 13.6. The number of nitrogens with two attached hydrogens (primary N) is 1. The van der Waals surface area contributed by atoms with Gasteiger partial charge in [-0.15, -0.1) is 0 Å². The third kappa shape index (κ3) is 2.28.